The third-order valence-electron chi connectivity index (χ3n) is 8.42. The van der Waals surface area contributed by atoms with Crippen molar-refractivity contribution in [2.75, 3.05) is 4.90 Å². The zero-order valence-electron chi connectivity index (χ0n) is 22.6. The Labute approximate surface area is 242 Å². The Kier molecular flexibility index (Phi) is 4.87. The zero-order chi connectivity index (χ0) is 27.6. The molecule has 6 aromatic carbocycles. The summed E-state index contributed by atoms with van der Waals surface area (Å²) < 4.78 is 2.35. The minimum atomic E-state index is 0.910. The van der Waals surface area contributed by atoms with Crippen LogP contribution in [0.2, 0.25) is 0 Å². The van der Waals surface area contributed by atoms with Crippen molar-refractivity contribution in [3.8, 4) is 27.9 Å². The number of fused-ring (bicyclic) bond motifs is 5. The van der Waals surface area contributed by atoms with Crippen LogP contribution in [0.5, 0.6) is 0 Å². The van der Waals surface area contributed by atoms with Crippen molar-refractivity contribution in [1.29, 1.82) is 0 Å². The molecule has 3 heterocycles. The summed E-state index contributed by atoms with van der Waals surface area (Å²) in [4.78, 5) is 11.8. The number of benzene rings is 6. The minimum Gasteiger partial charge on any atom is -0.309 e. The average molecular weight is 537 g/mol. The van der Waals surface area contributed by atoms with Crippen LogP contribution in [0.1, 0.15) is 0 Å². The van der Waals surface area contributed by atoms with Crippen molar-refractivity contribution >= 4 is 49.9 Å². The standard InChI is InChI=1S/C38H24N4/c1-2-10-27(11-3-1)42-36-17-9-6-14-31(36)32-22-26(23-33-37(32)38(42)40-24-39-33)25-18-20-28(21-19-25)41-34-15-7-4-12-29(34)30-13-5-8-16-35(30)41/h1-24H. The number of rotatable bonds is 3. The maximum Gasteiger partial charge on any atom is 0.149 e. The fraction of sp³-hybridized carbons (Fsp3) is 0. The van der Waals surface area contributed by atoms with Gasteiger partial charge in [-0.25, -0.2) is 9.97 Å². The first-order valence-electron chi connectivity index (χ1n) is 14.2. The summed E-state index contributed by atoms with van der Waals surface area (Å²) in [5.74, 6) is 0.910. The van der Waals surface area contributed by atoms with Crippen molar-refractivity contribution in [2.45, 2.75) is 0 Å². The molecule has 0 amide bonds. The van der Waals surface area contributed by atoms with Gasteiger partial charge in [-0.1, -0.05) is 84.9 Å². The van der Waals surface area contributed by atoms with E-state index in [1.165, 1.54) is 27.4 Å². The van der Waals surface area contributed by atoms with Crippen LogP contribution < -0.4 is 4.90 Å². The van der Waals surface area contributed by atoms with Gasteiger partial charge in [0.2, 0.25) is 0 Å². The molecule has 0 fully saturated rings. The molecule has 0 aliphatic carbocycles. The molecule has 0 saturated heterocycles. The molecule has 8 aromatic rings. The quantitative estimate of drug-likeness (QED) is 0.225. The first-order valence-corrected chi connectivity index (χ1v) is 14.2. The molecule has 196 valence electrons. The van der Waals surface area contributed by atoms with Crippen LogP contribution in [0.15, 0.2) is 146 Å². The minimum absolute atomic E-state index is 0.910. The number of para-hydroxylation sites is 4. The fourth-order valence-corrected chi connectivity index (χ4v) is 6.58. The largest absolute Gasteiger partial charge is 0.309 e. The molecule has 42 heavy (non-hydrogen) atoms. The van der Waals surface area contributed by atoms with E-state index < -0.39 is 0 Å². The average Bonchev–Trinajstić information content (AvgIpc) is 3.40. The van der Waals surface area contributed by atoms with Gasteiger partial charge in [0.25, 0.3) is 0 Å². The summed E-state index contributed by atoms with van der Waals surface area (Å²) in [5.41, 5.74) is 11.3. The van der Waals surface area contributed by atoms with Gasteiger partial charge in [0.05, 0.1) is 27.6 Å². The lowest BCUT2D eigenvalue weighted by molar-refractivity contribution is 1.14. The molecule has 0 saturated carbocycles. The second-order valence-corrected chi connectivity index (χ2v) is 10.7. The van der Waals surface area contributed by atoms with Gasteiger partial charge in [0.1, 0.15) is 12.1 Å². The van der Waals surface area contributed by atoms with Gasteiger partial charge in [0, 0.05) is 27.7 Å². The number of nitrogens with zero attached hydrogens (tertiary/aromatic N) is 4. The van der Waals surface area contributed by atoms with Gasteiger partial charge in [-0.3, -0.25) is 4.90 Å². The lowest BCUT2D eigenvalue weighted by Gasteiger charge is -2.32. The van der Waals surface area contributed by atoms with Crippen molar-refractivity contribution in [1.82, 2.24) is 14.5 Å². The summed E-state index contributed by atoms with van der Waals surface area (Å²) in [6, 6.07) is 49.6. The van der Waals surface area contributed by atoms with Crippen LogP contribution in [0.25, 0.3) is 60.6 Å². The van der Waals surface area contributed by atoms with Crippen molar-refractivity contribution in [3.63, 3.8) is 0 Å². The van der Waals surface area contributed by atoms with Crippen molar-refractivity contribution < 1.29 is 0 Å². The van der Waals surface area contributed by atoms with Crippen LogP contribution in [0.3, 0.4) is 0 Å². The third-order valence-corrected chi connectivity index (χ3v) is 8.42. The molecule has 0 unspecified atom stereocenters. The van der Waals surface area contributed by atoms with E-state index in [9.17, 15) is 0 Å². The Balaban J connectivity index is 1.21. The smallest absolute Gasteiger partial charge is 0.149 e. The predicted octanol–water partition coefficient (Wildman–Crippen LogP) is 9.84. The molecule has 1 aliphatic heterocycles. The molecular formula is C38H24N4. The molecule has 0 spiro atoms. The van der Waals surface area contributed by atoms with Crippen molar-refractivity contribution in [2.24, 2.45) is 0 Å². The second kappa shape index (κ2) is 8.88. The molecule has 4 nitrogen and oxygen atoms in total. The summed E-state index contributed by atoms with van der Waals surface area (Å²) in [5, 5.41) is 3.61. The number of anilines is 3. The summed E-state index contributed by atoms with van der Waals surface area (Å²) in [6.45, 7) is 0. The Morgan fingerprint density at radius 2 is 1.14 bits per heavy atom. The van der Waals surface area contributed by atoms with E-state index in [1.807, 2.05) is 6.07 Å². The maximum atomic E-state index is 4.80. The summed E-state index contributed by atoms with van der Waals surface area (Å²) >= 11 is 0. The van der Waals surface area contributed by atoms with Gasteiger partial charge < -0.3 is 4.57 Å². The van der Waals surface area contributed by atoms with Crippen LogP contribution in [-0.4, -0.2) is 14.5 Å². The van der Waals surface area contributed by atoms with E-state index in [1.54, 1.807) is 6.33 Å². The van der Waals surface area contributed by atoms with E-state index in [0.29, 0.717) is 0 Å². The van der Waals surface area contributed by atoms with E-state index >= 15 is 0 Å². The van der Waals surface area contributed by atoms with Gasteiger partial charge in [0.15, 0.2) is 0 Å². The number of hydrogen-bond acceptors (Lipinski definition) is 3. The lowest BCUT2D eigenvalue weighted by Crippen LogP contribution is -2.16. The van der Waals surface area contributed by atoms with Crippen LogP contribution in [0.4, 0.5) is 17.2 Å². The molecular weight excluding hydrogens is 512 g/mol. The predicted molar refractivity (Wildman–Crippen MR) is 173 cm³/mol. The first-order chi connectivity index (χ1) is 20.8. The van der Waals surface area contributed by atoms with Gasteiger partial charge >= 0.3 is 0 Å². The fourth-order valence-electron chi connectivity index (χ4n) is 6.58. The van der Waals surface area contributed by atoms with E-state index in [0.717, 1.165) is 50.5 Å². The number of aromatic nitrogens is 3. The topological polar surface area (TPSA) is 34.0 Å². The Bertz CT molecular complexity index is 2250. The molecule has 2 aromatic heterocycles. The van der Waals surface area contributed by atoms with Gasteiger partial charge in [-0.15, -0.1) is 0 Å². The van der Waals surface area contributed by atoms with Gasteiger partial charge in [-0.05, 0) is 71.3 Å². The molecule has 0 N–H and O–H groups in total. The molecule has 1 aliphatic rings. The van der Waals surface area contributed by atoms with Crippen LogP contribution >= 0.6 is 0 Å². The second-order valence-electron chi connectivity index (χ2n) is 10.7. The molecule has 0 atom stereocenters. The zero-order valence-corrected chi connectivity index (χ0v) is 22.6. The first kappa shape index (κ1) is 23.0. The van der Waals surface area contributed by atoms with Gasteiger partial charge in [-0.2, -0.15) is 0 Å². The monoisotopic (exact) mass is 536 g/mol. The Hall–Kier alpha value is -5.74. The molecule has 0 radical (unpaired) electrons. The molecule has 0 bridgehead atoms. The highest BCUT2D eigenvalue weighted by Crippen LogP contribution is 2.50. The molecule has 9 rings (SSSR count). The Morgan fingerprint density at radius 1 is 0.476 bits per heavy atom. The Morgan fingerprint density at radius 3 is 1.90 bits per heavy atom. The highest BCUT2D eigenvalue weighted by Gasteiger charge is 2.27. The summed E-state index contributed by atoms with van der Waals surface area (Å²) in [7, 11) is 0. The highest BCUT2D eigenvalue weighted by atomic mass is 15.2. The maximum absolute atomic E-state index is 4.80. The van der Waals surface area contributed by atoms with Crippen LogP contribution in [0, 0.1) is 0 Å². The van der Waals surface area contributed by atoms with E-state index in [2.05, 4.69) is 143 Å². The highest BCUT2D eigenvalue weighted by molar-refractivity contribution is 6.13. The van der Waals surface area contributed by atoms with Crippen LogP contribution in [-0.2, 0) is 0 Å². The summed E-state index contributed by atoms with van der Waals surface area (Å²) in [6.07, 6.45) is 1.68. The van der Waals surface area contributed by atoms with E-state index in [4.69, 9.17) is 9.97 Å². The normalized spacial score (nSPS) is 12.2. The van der Waals surface area contributed by atoms with Crippen molar-refractivity contribution in [3.05, 3.63) is 146 Å². The number of hydrogen-bond donors (Lipinski definition) is 0. The molecule has 4 heteroatoms. The third kappa shape index (κ3) is 3.29. The SMILES string of the molecule is c1ccc(N2c3ccccc3-c3cc(-c4ccc(-n5c6ccccc6c6ccccc65)cc4)cc4ncnc2c34)cc1. The lowest BCUT2D eigenvalue weighted by atomic mass is 9.91. The van der Waals surface area contributed by atoms with E-state index in [-0.39, 0.29) is 0 Å².